The number of hydrogen-bond acceptors (Lipinski definition) is 3. The zero-order valence-corrected chi connectivity index (χ0v) is 20.4. The minimum absolute atomic E-state index is 0.0833. The Morgan fingerprint density at radius 3 is 2.53 bits per heavy atom. The van der Waals surface area contributed by atoms with E-state index >= 15 is 0 Å². The van der Waals surface area contributed by atoms with Crippen LogP contribution >= 0.6 is 0 Å². The summed E-state index contributed by atoms with van der Waals surface area (Å²) in [5.41, 5.74) is 1.86. The smallest absolute Gasteiger partial charge is 0.105 e. The second-order valence-corrected chi connectivity index (χ2v) is 10.2. The first-order chi connectivity index (χ1) is 15.1. The molecule has 0 radical (unpaired) electrons. The van der Waals surface area contributed by atoms with Gasteiger partial charge in [0.25, 0.3) is 0 Å². The summed E-state index contributed by atoms with van der Waals surface area (Å²) in [6, 6.07) is 10.2. The summed E-state index contributed by atoms with van der Waals surface area (Å²) in [4.78, 5) is 0. The molecule has 0 bridgehead atoms. The zero-order valence-electron chi connectivity index (χ0n) is 20.4. The van der Waals surface area contributed by atoms with Crippen LogP contribution in [0.25, 0.3) is 0 Å². The highest BCUT2D eigenvalue weighted by Crippen LogP contribution is 2.54. The van der Waals surface area contributed by atoms with Gasteiger partial charge in [-0.05, 0) is 63.2 Å². The molecule has 4 atom stereocenters. The predicted octanol–water partition coefficient (Wildman–Crippen LogP) is 6.29. The third-order valence-corrected chi connectivity index (χ3v) is 7.94. The second-order valence-electron chi connectivity index (χ2n) is 10.2. The van der Waals surface area contributed by atoms with Gasteiger partial charge in [0.15, 0.2) is 0 Å². The number of benzene rings is 1. The van der Waals surface area contributed by atoms with Crippen LogP contribution in [0.4, 0.5) is 0 Å². The van der Waals surface area contributed by atoms with Gasteiger partial charge in [0, 0.05) is 10.8 Å². The first-order valence-corrected chi connectivity index (χ1v) is 11.8. The van der Waals surface area contributed by atoms with Gasteiger partial charge < -0.3 is 14.9 Å². The summed E-state index contributed by atoms with van der Waals surface area (Å²) in [6.45, 7) is 14.8. The van der Waals surface area contributed by atoms with E-state index < -0.39 is 22.5 Å². The quantitative estimate of drug-likeness (QED) is 0.494. The summed E-state index contributed by atoms with van der Waals surface area (Å²) in [7, 11) is 0. The molecular formula is C29H40O3. The van der Waals surface area contributed by atoms with Crippen LogP contribution in [0.3, 0.4) is 0 Å². The van der Waals surface area contributed by atoms with Gasteiger partial charge in [0.05, 0.1) is 12.7 Å². The summed E-state index contributed by atoms with van der Waals surface area (Å²) in [5, 5.41) is 23.8. The highest BCUT2D eigenvalue weighted by atomic mass is 16.5. The second kappa shape index (κ2) is 9.51. The molecule has 0 spiro atoms. The van der Waals surface area contributed by atoms with Crippen LogP contribution in [0, 0.1) is 10.8 Å². The average molecular weight is 437 g/mol. The van der Waals surface area contributed by atoms with Crippen LogP contribution in [0.5, 0.6) is 0 Å². The van der Waals surface area contributed by atoms with Crippen molar-refractivity contribution in [3.05, 3.63) is 83.5 Å². The molecule has 3 heteroatoms. The molecule has 174 valence electrons. The number of hydrogen-bond donors (Lipinski definition) is 2. The van der Waals surface area contributed by atoms with Crippen LogP contribution in [0.2, 0.25) is 0 Å². The molecule has 2 N–H and O–H groups in total. The van der Waals surface area contributed by atoms with E-state index in [0.29, 0.717) is 13.0 Å². The van der Waals surface area contributed by atoms with Crippen molar-refractivity contribution in [2.45, 2.75) is 84.7 Å². The first kappa shape index (κ1) is 24.7. The third kappa shape index (κ3) is 4.19. The van der Waals surface area contributed by atoms with E-state index in [1.54, 1.807) is 0 Å². The van der Waals surface area contributed by atoms with Crippen LogP contribution in [-0.4, -0.2) is 28.0 Å². The number of rotatable bonds is 7. The first-order valence-electron chi connectivity index (χ1n) is 11.8. The van der Waals surface area contributed by atoms with Crippen LogP contribution in [0.15, 0.2) is 77.9 Å². The van der Waals surface area contributed by atoms with E-state index in [1.807, 2.05) is 51.1 Å². The molecule has 0 aromatic heterocycles. The van der Waals surface area contributed by atoms with E-state index in [9.17, 15) is 10.2 Å². The van der Waals surface area contributed by atoms with E-state index in [4.69, 9.17) is 4.74 Å². The third-order valence-electron chi connectivity index (χ3n) is 7.94. The molecule has 0 heterocycles. The molecule has 3 nitrogen and oxygen atoms in total. The fourth-order valence-corrected chi connectivity index (χ4v) is 5.84. The normalized spacial score (nSPS) is 31.5. The summed E-state index contributed by atoms with van der Waals surface area (Å²) in [6.07, 6.45) is 10.0. The van der Waals surface area contributed by atoms with Gasteiger partial charge in [-0.3, -0.25) is 0 Å². The van der Waals surface area contributed by atoms with E-state index in [0.717, 1.165) is 36.0 Å². The molecule has 2 aliphatic carbocycles. The lowest BCUT2D eigenvalue weighted by molar-refractivity contribution is -0.139. The maximum atomic E-state index is 12.0. The standard InChI is InChI=1S/C29H40O3/c1-7-18-28(6)24(15-12-16-25(28)32-20-22-13-10-9-11-14-22)26(30)29(31)19-17-21(3)23(8-2)27(29,4)5/h7-11,13-15,18,25-26,30-31H,2,12,16-17,19-20H2,1,3-6H3/b18-7-/t25-,26-,28-,29+/m0/s1. The molecule has 0 saturated heterocycles. The van der Waals surface area contributed by atoms with E-state index in [-0.39, 0.29) is 6.10 Å². The van der Waals surface area contributed by atoms with Gasteiger partial charge >= 0.3 is 0 Å². The van der Waals surface area contributed by atoms with Gasteiger partial charge in [-0.2, -0.15) is 0 Å². The number of aliphatic hydroxyl groups is 2. The fraction of sp³-hybridized carbons (Fsp3) is 0.517. The van der Waals surface area contributed by atoms with Crippen LogP contribution in [0.1, 0.15) is 65.9 Å². The van der Waals surface area contributed by atoms with Crippen molar-refractivity contribution in [3.8, 4) is 0 Å². The summed E-state index contributed by atoms with van der Waals surface area (Å²) < 4.78 is 6.44. The van der Waals surface area contributed by atoms with Gasteiger partial charge in [-0.25, -0.2) is 0 Å². The van der Waals surface area contributed by atoms with Crippen LogP contribution in [-0.2, 0) is 11.3 Å². The maximum Gasteiger partial charge on any atom is 0.105 e. The zero-order chi connectivity index (χ0) is 23.6. The van der Waals surface area contributed by atoms with Gasteiger partial charge in [0.2, 0.25) is 0 Å². The summed E-state index contributed by atoms with van der Waals surface area (Å²) >= 11 is 0. The van der Waals surface area contributed by atoms with Crippen molar-refractivity contribution in [2.24, 2.45) is 10.8 Å². The van der Waals surface area contributed by atoms with Gasteiger partial charge in [-0.15, -0.1) is 0 Å². The molecule has 1 aromatic carbocycles. The van der Waals surface area contributed by atoms with Crippen LogP contribution < -0.4 is 0 Å². The van der Waals surface area contributed by atoms with Gasteiger partial charge in [0.1, 0.15) is 11.7 Å². The predicted molar refractivity (Wildman–Crippen MR) is 132 cm³/mol. The molecule has 3 rings (SSSR count). The monoisotopic (exact) mass is 436 g/mol. The Kier molecular flexibility index (Phi) is 7.34. The molecule has 2 aliphatic rings. The lowest BCUT2D eigenvalue weighted by atomic mass is 9.56. The van der Waals surface area contributed by atoms with Crippen molar-refractivity contribution in [2.75, 3.05) is 0 Å². The van der Waals surface area contributed by atoms with Crippen molar-refractivity contribution >= 4 is 0 Å². The average Bonchev–Trinajstić information content (AvgIpc) is 2.76. The Balaban J connectivity index is 1.94. The maximum absolute atomic E-state index is 12.0. The molecule has 1 aromatic rings. The van der Waals surface area contributed by atoms with Crippen molar-refractivity contribution in [3.63, 3.8) is 0 Å². The lowest BCUT2D eigenvalue weighted by Gasteiger charge is -2.53. The number of allylic oxidation sites excluding steroid dienone is 4. The number of aliphatic hydroxyl groups excluding tert-OH is 1. The van der Waals surface area contributed by atoms with Gasteiger partial charge in [-0.1, -0.05) is 80.6 Å². The Morgan fingerprint density at radius 1 is 1.22 bits per heavy atom. The minimum Gasteiger partial charge on any atom is -0.386 e. The lowest BCUT2D eigenvalue weighted by Crippen LogP contribution is -2.59. The fourth-order valence-electron chi connectivity index (χ4n) is 5.84. The topological polar surface area (TPSA) is 49.7 Å². The Morgan fingerprint density at radius 2 is 1.91 bits per heavy atom. The molecule has 0 amide bonds. The Labute approximate surface area is 194 Å². The van der Waals surface area contributed by atoms with Crippen molar-refractivity contribution < 1.29 is 14.9 Å². The Hall–Kier alpha value is -1.94. The molecule has 0 saturated carbocycles. The molecular weight excluding hydrogens is 396 g/mol. The SMILES string of the molecule is C=CC1=C(C)CC[C@@](O)([C@@H](O)C2=CCC[C@H](OCc3ccccc3)[C@@]2(C)/C=C\C)C1(C)C. The number of ether oxygens (including phenoxy) is 1. The van der Waals surface area contributed by atoms with Crippen molar-refractivity contribution in [1.29, 1.82) is 0 Å². The molecule has 32 heavy (non-hydrogen) atoms. The largest absolute Gasteiger partial charge is 0.386 e. The van der Waals surface area contributed by atoms with E-state index in [1.165, 1.54) is 5.57 Å². The summed E-state index contributed by atoms with van der Waals surface area (Å²) in [5.74, 6) is 0. The highest BCUT2D eigenvalue weighted by Gasteiger charge is 2.56. The molecule has 0 fully saturated rings. The van der Waals surface area contributed by atoms with E-state index in [2.05, 4.69) is 44.7 Å². The molecule has 0 aliphatic heterocycles. The highest BCUT2D eigenvalue weighted by molar-refractivity contribution is 5.40. The minimum atomic E-state index is -1.29. The van der Waals surface area contributed by atoms with Crippen molar-refractivity contribution in [1.82, 2.24) is 0 Å². The Bertz CT molecular complexity index is 908. The molecule has 0 unspecified atom stereocenters.